The Morgan fingerprint density at radius 2 is 1.88 bits per heavy atom. The molecule has 0 atom stereocenters. The van der Waals surface area contributed by atoms with Crippen molar-refractivity contribution in [1.82, 2.24) is 0 Å². The van der Waals surface area contributed by atoms with Crippen LogP contribution in [0, 0.1) is 0 Å². The smallest absolute Gasteiger partial charge is 0.335 e. The van der Waals surface area contributed by atoms with Gasteiger partial charge in [0.1, 0.15) is 0 Å². The quantitative estimate of drug-likeness (QED) is 0.846. The molecule has 0 aliphatic carbocycles. The minimum atomic E-state index is -0.919. The third-order valence-corrected chi connectivity index (χ3v) is 2.66. The van der Waals surface area contributed by atoms with E-state index in [2.05, 4.69) is 0 Å². The van der Waals surface area contributed by atoms with Crippen molar-refractivity contribution in [3.8, 4) is 11.1 Å². The molecule has 0 unspecified atom stereocenters. The number of nitrogens with two attached hydrogens (primary N) is 1. The second kappa shape index (κ2) is 4.80. The fourth-order valence-electron chi connectivity index (χ4n) is 1.80. The van der Waals surface area contributed by atoms with Gasteiger partial charge in [0, 0.05) is 6.54 Å². The molecule has 0 amide bonds. The van der Waals surface area contributed by atoms with Crippen LogP contribution >= 0.6 is 0 Å². The van der Waals surface area contributed by atoms with Gasteiger partial charge in [0.15, 0.2) is 0 Å². The Kier molecular flexibility index (Phi) is 3.21. The van der Waals surface area contributed by atoms with Crippen LogP contribution < -0.4 is 5.73 Å². The summed E-state index contributed by atoms with van der Waals surface area (Å²) in [5.74, 6) is -0.919. The lowest BCUT2D eigenvalue weighted by atomic mass is 9.98. The third kappa shape index (κ3) is 2.34. The van der Waals surface area contributed by atoms with Crippen molar-refractivity contribution >= 4 is 5.97 Å². The van der Waals surface area contributed by atoms with Crippen molar-refractivity contribution in [3.63, 3.8) is 0 Å². The molecule has 0 bridgehead atoms. The van der Waals surface area contributed by atoms with E-state index in [0.29, 0.717) is 6.54 Å². The minimum absolute atomic E-state index is 0.286. The van der Waals surface area contributed by atoms with E-state index >= 15 is 0 Å². The summed E-state index contributed by atoms with van der Waals surface area (Å²) < 4.78 is 0. The van der Waals surface area contributed by atoms with Gasteiger partial charge >= 0.3 is 5.97 Å². The SMILES string of the molecule is NCc1ccccc1-c1cccc(C(=O)O)c1. The van der Waals surface area contributed by atoms with Gasteiger partial charge in [-0.05, 0) is 28.8 Å². The molecular formula is C14H13NO2. The van der Waals surface area contributed by atoms with Crippen LogP contribution in [0.1, 0.15) is 15.9 Å². The van der Waals surface area contributed by atoms with Crippen molar-refractivity contribution < 1.29 is 9.90 Å². The molecule has 0 heterocycles. The number of hydrogen-bond acceptors (Lipinski definition) is 2. The van der Waals surface area contributed by atoms with Gasteiger partial charge in [-0.3, -0.25) is 0 Å². The van der Waals surface area contributed by atoms with Crippen LogP contribution in [0.4, 0.5) is 0 Å². The van der Waals surface area contributed by atoms with E-state index in [1.54, 1.807) is 18.2 Å². The first-order valence-electron chi connectivity index (χ1n) is 5.34. The van der Waals surface area contributed by atoms with Gasteiger partial charge in [-0.2, -0.15) is 0 Å². The van der Waals surface area contributed by atoms with Crippen LogP contribution in [0.5, 0.6) is 0 Å². The lowest BCUT2D eigenvalue weighted by molar-refractivity contribution is 0.0697. The van der Waals surface area contributed by atoms with Gasteiger partial charge in [-0.15, -0.1) is 0 Å². The summed E-state index contributed by atoms with van der Waals surface area (Å²) in [6.07, 6.45) is 0. The number of hydrogen-bond donors (Lipinski definition) is 2. The fraction of sp³-hybridized carbons (Fsp3) is 0.0714. The number of carboxylic acids is 1. The lowest BCUT2D eigenvalue weighted by Gasteiger charge is -2.08. The maximum absolute atomic E-state index is 10.9. The molecular weight excluding hydrogens is 214 g/mol. The van der Waals surface area contributed by atoms with Crippen LogP contribution in [0.3, 0.4) is 0 Å². The molecule has 0 aliphatic rings. The molecule has 0 saturated carbocycles. The molecule has 3 nitrogen and oxygen atoms in total. The second-order valence-electron chi connectivity index (χ2n) is 3.75. The molecule has 0 aromatic heterocycles. The van der Waals surface area contributed by atoms with Crippen LogP contribution in [0.2, 0.25) is 0 Å². The first-order valence-corrected chi connectivity index (χ1v) is 5.34. The van der Waals surface area contributed by atoms with Crippen molar-refractivity contribution in [1.29, 1.82) is 0 Å². The molecule has 3 N–H and O–H groups in total. The Hall–Kier alpha value is -2.13. The molecule has 0 radical (unpaired) electrons. The molecule has 2 rings (SSSR count). The molecule has 0 fully saturated rings. The van der Waals surface area contributed by atoms with Gasteiger partial charge < -0.3 is 10.8 Å². The summed E-state index contributed by atoms with van der Waals surface area (Å²) in [6, 6.07) is 14.6. The predicted molar refractivity (Wildman–Crippen MR) is 66.7 cm³/mol. The molecule has 0 spiro atoms. The molecule has 0 aliphatic heterocycles. The van der Waals surface area contributed by atoms with Crippen LogP contribution in [-0.2, 0) is 6.54 Å². The fourth-order valence-corrected chi connectivity index (χ4v) is 1.80. The number of carboxylic acid groups (broad SMARTS) is 1. The maximum atomic E-state index is 10.9. The summed E-state index contributed by atoms with van der Waals surface area (Å²) in [4.78, 5) is 10.9. The molecule has 3 heteroatoms. The van der Waals surface area contributed by atoms with E-state index in [1.807, 2.05) is 30.3 Å². The summed E-state index contributed by atoms with van der Waals surface area (Å²) in [5, 5.41) is 8.96. The summed E-state index contributed by atoms with van der Waals surface area (Å²) in [7, 11) is 0. The zero-order chi connectivity index (χ0) is 12.3. The van der Waals surface area contributed by atoms with Crippen molar-refractivity contribution in [2.24, 2.45) is 5.73 Å². The van der Waals surface area contributed by atoms with Gasteiger partial charge in [-0.1, -0.05) is 36.4 Å². The Morgan fingerprint density at radius 1 is 1.12 bits per heavy atom. The monoisotopic (exact) mass is 227 g/mol. The Labute approximate surface area is 99.5 Å². The first kappa shape index (κ1) is 11.4. The molecule has 17 heavy (non-hydrogen) atoms. The van der Waals surface area contributed by atoms with Gasteiger partial charge in [-0.25, -0.2) is 4.79 Å². The van der Waals surface area contributed by atoms with Crippen LogP contribution in [0.25, 0.3) is 11.1 Å². The van der Waals surface area contributed by atoms with Crippen LogP contribution in [0.15, 0.2) is 48.5 Å². The third-order valence-electron chi connectivity index (χ3n) is 2.66. The molecule has 2 aromatic carbocycles. The highest BCUT2D eigenvalue weighted by Crippen LogP contribution is 2.24. The van der Waals surface area contributed by atoms with E-state index in [-0.39, 0.29) is 5.56 Å². The minimum Gasteiger partial charge on any atom is -0.478 e. The summed E-state index contributed by atoms with van der Waals surface area (Å²) in [5.41, 5.74) is 8.83. The lowest BCUT2D eigenvalue weighted by Crippen LogP contribution is -2.00. The average molecular weight is 227 g/mol. The van der Waals surface area contributed by atoms with Crippen molar-refractivity contribution in [2.75, 3.05) is 0 Å². The Morgan fingerprint density at radius 3 is 2.59 bits per heavy atom. The van der Waals surface area contributed by atoms with E-state index < -0.39 is 5.97 Å². The highest BCUT2D eigenvalue weighted by atomic mass is 16.4. The van der Waals surface area contributed by atoms with Crippen molar-refractivity contribution in [3.05, 3.63) is 59.7 Å². The Balaban J connectivity index is 2.52. The standard InChI is InChI=1S/C14H13NO2/c15-9-12-4-1-2-7-13(12)10-5-3-6-11(8-10)14(16)17/h1-8H,9,15H2,(H,16,17). The average Bonchev–Trinajstić information content (AvgIpc) is 2.39. The predicted octanol–water partition coefficient (Wildman–Crippen LogP) is 2.51. The highest BCUT2D eigenvalue weighted by molar-refractivity contribution is 5.89. The van der Waals surface area contributed by atoms with E-state index in [1.165, 1.54) is 0 Å². The Bertz CT molecular complexity index is 549. The van der Waals surface area contributed by atoms with Crippen LogP contribution in [-0.4, -0.2) is 11.1 Å². The second-order valence-corrected chi connectivity index (χ2v) is 3.75. The van der Waals surface area contributed by atoms with E-state index in [4.69, 9.17) is 10.8 Å². The zero-order valence-corrected chi connectivity index (χ0v) is 9.26. The first-order chi connectivity index (χ1) is 8.22. The van der Waals surface area contributed by atoms with Crippen molar-refractivity contribution in [2.45, 2.75) is 6.54 Å². The van der Waals surface area contributed by atoms with Gasteiger partial charge in [0.2, 0.25) is 0 Å². The number of aromatic carboxylic acids is 1. The van der Waals surface area contributed by atoms with Gasteiger partial charge in [0.05, 0.1) is 5.56 Å². The number of rotatable bonds is 3. The van der Waals surface area contributed by atoms with E-state index in [0.717, 1.165) is 16.7 Å². The van der Waals surface area contributed by atoms with E-state index in [9.17, 15) is 4.79 Å². The zero-order valence-electron chi connectivity index (χ0n) is 9.26. The van der Waals surface area contributed by atoms with Gasteiger partial charge in [0.25, 0.3) is 0 Å². The largest absolute Gasteiger partial charge is 0.478 e. The highest BCUT2D eigenvalue weighted by Gasteiger charge is 2.07. The molecule has 0 saturated heterocycles. The normalized spacial score (nSPS) is 10.2. The maximum Gasteiger partial charge on any atom is 0.335 e. The molecule has 86 valence electrons. The number of carbonyl (C=O) groups is 1. The summed E-state index contributed by atoms with van der Waals surface area (Å²) >= 11 is 0. The topological polar surface area (TPSA) is 63.3 Å². The summed E-state index contributed by atoms with van der Waals surface area (Å²) in [6.45, 7) is 0.438. The molecule has 2 aromatic rings. The number of benzene rings is 2.